The average Bonchev–Trinajstić information content (AvgIpc) is 2.46. The van der Waals surface area contributed by atoms with Gasteiger partial charge in [-0.05, 0) is 36.4 Å². The van der Waals surface area contributed by atoms with Crippen molar-refractivity contribution >= 4 is 17.5 Å². The zero-order valence-corrected chi connectivity index (χ0v) is 10.8. The summed E-state index contributed by atoms with van der Waals surface area (Å²) >= 11 is 1.36. The molecule has 0 spiro atoms. The number of benzene rings is 2. The minimum Gasteiger partial charge on any atom is -0.293 e. The third kappa shape index (κ3) is 3.67. The van der Waals surface area contributed by atoms with Crippen LogP contribution in [0.5, 0.6) is 0 Å². The van der Waals surface area contributed by atoms with Crippen molar-refractivity contribution in [2.45, 2.75) is 4.90 Å². The lowest BCUT2D eigenvalue weighted by Crippen LogP contribution is -2.02. The van der Waals surface area contributed by atoms with Gasteiger partial charge in [0.2, 0.25) is 0 Å². The Hall–Kier alpha value is -2.12. The van der Waals surface area contributed by atoms with Crippen molar-refractivity contribution in [2.75, 3.05) is 5.75 Å². The summed E-state index contributed by atoms with van der Waals surface area (Å²) in [5, 5.41) is 8.67. The summed E-state index contributed by atoms with van der Waals surface area (Å²) in [6.45, 7) is 0. The maximum atomic E-state index is 12.7. The fourth-order valence-electron chi connectivity index (χ4n) is 1.49. The number of nitrogens with zero attached hydrogens (tertiary/aromatic N) is 1. The third-order valence-electron chi connectivity index (χ3n) is 2.52. The molecule has 0 radical (unpaired) electrons. The van der Waals surface area contributed by atoms with Crippen molar-refractivity contribution in [1.82, 2.24) is 0 Å². The summed E-state index contributed by atoms with van der Waals surface area (Å²) in [5.74, 6) is -0.0149. The van der Waals surface area contributed by atoms with Gasteiger partial charge in [-0.1, -0.05) is 12.1 Å². The Morgan fingerprint density at radius 1 is 1.11 bits per heavy atom. The summed E-state index contributed by atoms with van der Waals surface area (Å²) in [6, 6.07) is 14.6. The molecule has 94 valence electrons. The molecule has 0 heterocycles. The predicted molar refractivity (Wildman–Crippen MR) is 72.6 cm³/mol. The second-order valence-electron chi connectivity index (χ2n) is 3.85. The maximum Gasteiger partial charge on any atom is 0.173 e. The first-order valence-corrected chi connectivity index (χ1v) is 6.59. The zero-order valence-electron chi connectivity index (χ0n) is 9.97. The Balaban J connectivity index is 1.97. The Morgan fingerprint density at radius 2 is 1.74 bits per heavy atom. The Bertz CT molecular complexity index is 614. The summed E-state index contributed by atoms with van der Waals surface area (Å²) in [4.78, 5) is 12.8. The topological polar surface area (TPSA) is 40.9 Å². The van der Waals surface area contributed by atoms with E-state index >= 15 is 0 Å². The second-order valence-corrected chi connectivity index (χ2v) is 4.90. The molecular weight excluding hydrogens is 261 g/mol. The first-order valence-electron chi connectivity index (χ1n) is 5.61. The predicted octanol–water partition coefficient (Wildman–Crippen LogP) is 3.67. The SMILES string of the molecule is N#Cc1ccc(C(=O)CSc2ccc(F)cc2)cc1. The smallest absolute Gasteiger partial charge is 0.173 e. The molecule has 2 aromatic carbocycles. The minimum atomic E-state index is -0.289. The van der Waals surface area contributed by atoms with E-state index in [1.165, 1.54) is 23.9 Å². The molecule has 0 aliphatic heterocycles. The average molecular weight is 271 g/mol. The van der Waals surface area contributed by atoms with E-state index in [0.717, 1.165) is 4.90 Å². The van der Waals surface area contributed by atoms with E-state index in [9.17, 15) is 9.18 Å². The number of rotatable bonds is 4. The van der Waals surface area contributed by atoms with Crippen LogP contribution in [0.1, 0.15) is 15.9 Å². The Labute approximate surface area is 114 Å². The molecule has 0 fully saturated rings. The standard InChI is InChI=1S/C15H10FNOS/c16-13-5-7-14(8-6-13)19-10-15(18)12-3-1-11(9-17)2-4-12/h1-8H,10H2. The van der Waals surface area contributed by atoms with Gasteiger partial charge in [-0.15, -0.1) is 11.8 Å². The highest BCUT2D eigenvalue weighted by Crippen LogP contribution is 2.19. The number of halogens is 1. The second kappa shape index (κ2) is 6.17. The van der Waals surface area contributed by atoms with Crippen LogP contribution < -0.4 is 0 Å². The summed E-state index contributed by atoms with van der Waals surface area (Å²) in [5.41, 5.74) is 1.11. The molecule has 2 nitrogen and oxygen atoms in total. The van der Waals surface area contributed by atoms with Crippen molar-refractivity contribution < 1.29 is 9.18 Å². The molecule has 4 heteroatoms. The molecule has 0 saturated carbocycles. The number of thioether (sulfide) groups is 1. The van der Waals surface area contributed by atoms with Crippen LogP contribution in [0, 0.1) is 17.1 Å². The van der Waals surface area contributed by atoms with Gasteiger partial charge in [-0.3, -0.25) is 4.79 Å². The molecule has 0 aromatic heterocycles. The molecule has 0 atom stereocenters. The fraction of sp³-hybridized carbons (Fsp3) is 0.0667. The summed E-state index contributed by atoms with van der Waals surface area (Å²) in [6.07, 6.45) is 0. The van der Waals surface area contributed by atoms with E-state index in [0.29, 0.717) is 11.1 Å². The summed E-state index contributed by atoms with van der Waals surface area (Å²) < 4.78 is 12.7. The van der Waals surface area contributed by atoms with Crippen LogP contribution >= 0.6 is 11.8 Å². The molecule has 0 bridgehead atoms. The van der Waals surface area contributed by atoms with Crippen LogP contribution in [0.25, 0.3) is 0 Å². The van der Waals surface area contributed by atoms with Crippen molar-refractivity contribution in [2.24, 2.45) is 0 Å². The lowest BCUT2D eigenvalue weighted by molar-refractivity contribution is 0.102. The van der Waals surface area contributed by atoms with Crippen molar-refractivity contribution in [3.8, 4) is 6.07 Å². The van der Waals surface area contributed by atoms with Crippen LogP contribution in [0.2, 0.25) is 0 Å². The highest BCUT2D eigenvalue weighted by molar-refractivity contribution is 8.00. The minimum absolute atomic E-state index is 0.0150. The molecule has 2 aromatic rings. The third-order valence-corrected chi connectivity index (χ3v) is 3.53. The van der Waals surface area contributed by atoms with Gasteiger partial charge < -0.3 is 0 Å². The van der Waals surface area contributed by atoms with Crippen LogP contribution in [0.4, 0.5) is 4.39 Å². The molecule has 19 heavy (non-hydrogen) atoms. The molecule has 0 amide bonds. The first kappa shape index (κ1) is 13.3. The molecule has 2 rings (SSSR count). The Kier molecular flexibility index (Phi) is 4.32. The fourth-order valence-corrected chi connectivity index (χ4v) is 2.29. The molecule has 0 aliphatic rings. The largest absolute Gasteiger partial charge is 0.293 e. The normalized spacial score (nSPS) is 9.89. The lowest BCUT2D eigenvalue weighted by Gasteiger charge is -2.02. The molecular formula is C15H10FNOS. The highest BCUT2D eigenvalue weighted by atomic mass is 32.2. The first-order chi connectivity index (χ1) is 9.19. The number of Topliss-reactive ketones (excluding diaryl/α,β-unsaturated/α-hetero) is 1. The number of nitriles is 1. The monoisotopic (exact) mass is 271 g/mol. The van der Waals surface area contributed by atoms with Gasteiger partial charge in [0, 0.05) is 10.5 Å². The Morgan fingerprint density at radius 3 is 2.32 bits per heavy atom. The van der Waals surface area contributed by atoms with E-state index in [-0.39, 0.29) is 17.4 Å². The number of hydrogen-bond donors (Lipinski definition) is 0. The van der Waals surface area contributed by atoms with E-state index in [1.54, 1.807) is 36.4 Å². The molecule has 0 unspecified atom stereocenters. The van der Waals surface area contributed by atoms with Gasteiger partial charge in [-0.2, -0.15) is 5.26 Å². The molecule has 0 saturated heterocycles. The highest BCUT2D eigenvalue weighted by Gasteiger charge is 2.06. The number of hydrogen-bond acceptors (Lipinski definition) is 3. The quantitative estimate of drug-likeness (QED) is 0.629. The van der Waals surface area contributed by atoms with Gasteiger partial charge in [0.1, 0.15) is 5.82 Å². The van der Waals surface area contributed by atoms with Crippen molar-refractivity contribution in [3.63, 3.8) is 0 Å². The van der Waals surface area contributed by atoms with E-state index in [2.05, 4.69) is 0 Å². The van der Waals surface area contributed by atoms with Gasteiger partial charge in [0.25, 0.3) is 0 Å². The molecule has 0 N–H and O–H groups in total. The molecule has 0 aliphatic carbocycles. The van der Waals surface area contributed by atoms with E-state index < -0.39 is 0 Å². The number of carbonyl (C=O) groups is 1. The van der Waals surface area contributed by atoms with Gasteiger partial charge in [0.05, 0.1) is 17.4 Å². The summed E-state index contributed by atoms with van der Waals surface area (Å²) in [7, 11) is 0. The van der Waals surface area contributed by atoms with Crippen molar-refractivity contribution in [1.29, 1.82) is 5.26 Å². The van der Waals surface area contributed by atoms with Gasteiger partial charge in [-0.25, -0.2) is 4.39 Å². The zero-order chi connectivity index (χ0) is 13.7. The van der Waals surface area contributed by atoms with Crippen LogP contribution in [-0.4, -0.2) is 11.5 Å². The van der Waals surface area contributed by atoms with Gasteiger partial charge >= 0.3 is 0 Å². The van der Waals surface area contributed by atoms with Crippen LogP contribution in [0.3, 0.4) is 0 Å². The van der Waals surface area contributed by atoms with E-state index in [4.69, 9.17) is 5.26 Å². The maximum absolute atomic E-state index is 12.7. The lowest BCUT2D eigenvalue weighted by atomic mass is 10.1. The van der Waals surface area contributed by atoms with Crippen molar-refractivity contribution in [3.05, 3.63) is 65.5 Å². The van der Waals surface area contributed by atoms with Crippen LogP contribution in [-0.2, 0) is 0 Å². The number of carbonyl (C=O) groups excluding carboxylic acids is 1. The van der Waals surface area contributed by atoms with Crippen LogP contribution in [0.15, 0.2) is 53.4 Å². The van der Waals surface area contributed by atoms with E-state index in [1.807, 2.05) is 6.07 Å². The van der Waals surface area contributed by atoms with Gasteiger partial charge in [0.15, 0.2) is 5.78 Å². The number of ketones is 1.